The highest BCUT2D eigenvalue weighted by Crippen LogP contribution is 2.28. The van der Waals surface area contributed by atoms with Crippen molar-refractivity contribution in [2.75, 3.05) is 5.32 Å². The number of halogens is 2. The average Bonchev–Trinajstić information content (AvgIpc) is 2.89. The van der Waals surface area contributed by atoms with Crippen molar-refractivity contribution in [3.8, 4) is 0 Å². The van der Waals surface area contributed by atoms with Gasteiger partial charge in [0.15, 0.2) is 6.10 Å². The SMILES string of the molecule is C[C@@H](OC(=O)CC1CCCC1)C(=O)Nc1cc(Cl)cc(Cl)c1. The lowest BCUT2D eigenvalue weighted by Crippen LogP contribution is -2.30. The van der Waals surface area contributed by atoms with Crippen LogP contribution in [0.15, 0.2) is 18.2 Å². The minimum Gasteiger partial charge on any atom is -0.453 e. The first-order valence-corrected chi connectivity index (χ1v) is 8.16. The quantitative estimate of drug-likeness (QED) is 0.803. The summed E-state index contributed by atoms with van der Waals surface area (Å²) in [6.07, 6.45) is 4.01. The number of carbonyl (C=O) groups excluding carboxylic acids is 2. The molecule has 1 saturated carbocycles. The maximum Gasteiger partial charge on any atom is 0.306 e. The van der Waals surface area contributed by atoms with Crippen LogP contribution < -0.4 is 5.32 Å². The van der Waals surface area contributed by atoms with Crippen molar-refractivity contribution in [2.45, 2.75) is 45.1 Å². The van der Waals surface area contributed by atoms with Crippen molar-refractivity contribution in [2.24, 2.45) is 5.92 Å². The van der Waals surface area contributed by atoms with Gasteiger partial charge in [0.1, 0.15) is 0 Å². The number of esters is 1. The number of nitrogens with one attached hydrogen (secondary N) is 1. The Hall–Kier alpha value is -1.26. The number of amides is 1. The van der Waals surface area contributed by atoms with Crippen LogP contribution >= 0.6 is 23.2 Å². The largest absolute Gasteiger partial charge is 0.453 e. The Morgan fingerprint density at radius 3 is 2.41 bits per heavy atom. The second kappa shape index (κ2) is 7.84. The van der Waals surface area contributed by atoms with Gasteiger partial charge in [-0.05, 0) is 43.9 Å². The first-order valence-electron chi connectivity index (χ1n) is 7.40. The molecule has 0 radical (unpaired) electrons. The zero-order chi connectivity index (χ0) is 16.1. The average molecular weight is 344 g/mol. The molecular formula is C16H19Cl2NO3. The molecule has 1 aromatic carbocycles. The van der Waals surface area contributed by atoms with Crippen LogP contribution in [0.4, 0.5) is 5.69 Å². The van der Waals surface area contributed by atoms with Gasteiger partial charge in [-0.2, -0.15) is 0 Å². The molecule has 1 N–H and O–H groups in total. The summed E-state index contributed by atoms with van der Waals surface area (Å²) >= 11 is 11.7. The van der Waals surface area contributed by atoms with Crippen molar-refractivity contribution < 1.29 is 14.3 Å². The standard InChI is InChI=1S/C16H19Cl2NO3/c1-10(22-15(20)6-11-4-2-3-5-11)16(21)19-14-8-12(17)7-13(18)9-14/h7-11H,2-6H2,1H3,(H,19,21)/t10-/m1/s1. The molecule has 0 spiro atoms. The van der Waals surface area contributed by atoms with E-state index in [1.807, 2.05) is 0 Å². The molecule has 1 aliphatic rings. The monoisotopic (exact) mass is 343 g/mol. The van der Waals surface area contributed by atoms with Crippen LogP contribution in [0.2, 0.25) is 10.0 Å². The molecule has 22 heavy (non-hydrogen) atoms. The van der Waals surface area contributed by atoms with Gasteiger partial charge in [0.2, 0.25) is 0 Å². The summed E-state index contributed by atoms with van der Waals surface area (Å²) in [5.74, 6) is -0.328. The van der Waals surface area contributed by atoms with Crippen LogP contribution in [0.25, 0.3) is 0 Å². The summed E-state index contributed by atoms with van der Waals surface area (Å²) in [5, 5.41) is 3.49. The van der Waals surface area contributed by atoms with Crippen molar-refractivity contribution in [1.29, 1.82) is 0 Å². The molecule has 1 fully saturated rings. The lowest BCUT2D eigenvalue weighted by molar-refractivity contribution is -0.154. The number of carbonyl (C=O) groups is 2. The lowest BCUT2D eigenvalue weighted by atomic mass is 10.0. The Labute approximate surface area is 140 Å². The summed E-state index contributed by atoms with van der Waals surface area (Å²) in [6.45, 7) is 1.55. The zero-order valence-electron chi connectivity index (χ0n) is 12.4. The maximum absolute atomic E-state index is 12.0. The summed E-state index contributed by atoms with van der Waals surface area (Å²) < 4.78 is 5.19. The Morgan fingerprint density at radius 1 is 1.23 bits per heavy atom. The minimum absolute atomic E-state index is 0.321. The van der Waals surface area contributed by atoms with Crippen LogP contribution in [-0.2, 0) is 14.3 Å². The highest BCUT2D eigenvalue weighted by Gasteiger charge is 2.23. The summed E-state index contributed by atoms with van der Waals surface area (Å²) in [7, 11) is 0. The van der Waals surface area contributed by atoms with Gasteiger partial charge < -0.3 is 10.1 Å². The predicted octanol–water partition coefficient (Wildman–Crippen LogP) is 4.44. The van der Waals surface area contributed by atoms with E-state index in [1.54, 1.807) is 25.1 Å². The minimum atomic E-state index is -0.855. The van der Waals surface area contributed by atoms with E-state index in [4.69, 9.17) is 27.9 Å². The van der Waals surface area contributed by atoms with E-state index in [9.17, 15) is 9.59 Å². The second-order valence-corrected chi connectivity index (χ2v) is 6.51. The fourth-order valence-corrected chi connectivity index (χ4v) is 3.14. The van der Waals surface area contributed by atoms with Gasteiger partial charge in [-0.15, -0.1) is 0 Å². The topological polar surface area (TPSA) is 55.4 Å². The molecule has 2 rings (SSSR count). The van der Waals surface area contributed by atoms with E-state index in [0.717, 1.165) is 12.8 Å². The van der Waals surface area contributed by atoms with Gasteiger partial charge >= 0.3 is 5.97 Å². The Kier molecular flexibility index (Phi) is 6.09. The number of benzene rings is 1. The van der Waals surface area contributed by atoms with Crippen molar-refractivity contribution in [3.05, 3.63) is 28.2 Å². The molecule has 0 unspecified atom stereocenters. The molecule has 1 aromatic rings. The number of hydrogen-bond acceptors (Lipinski definition) is 3. The molecule has 0 saturated heterocycles. The first kappa shape index (κ1) is 17.1. The van der Waals surface area contributed by atoms with E-state index in [-0.39, 0.29) is 5.97 Å². The predicted molar refractivity (Wildman–Crippen MR) is 87.2 cm³/mol. The van der Waals surface area contributed by atoms with Gasteiger partial charge in [0, 0.05) is 22.2 Å². The van der Waals surface area contributed by atoms with Crippen LogP contribution in [-0.4, -0.2) is 18.0 Å². The molecule has 0 aliphatic heterocycles. The number of ether oxygens (including phenoxy) is 1. The molecule has 6 heteroatoms. The molecule has 1 amide bonds. The maximum atomic E-state index is 12.0. The highest BCUT2D eigenvalue weighted by molar-refractivity contribution is 6.35. The van der Waals surface area contributed by atoms with E-state index >= 15 is 0 Å². The fraction of sp³-hybridized carbons (Fsp3) is 0.500. The molecule has 1 atom stereocenters. The van der Waals surface area contributed by atoms with E-state index < -0.39 is 12.0 Å². The first-order chi connectivity index (χ1) is 10.4. The van der Waals surface area contributed by atoms with Crippen LogP contribution in [0, 0.1) is 5.92 Å². The normalized spacial score (nSPS) is 16.3. The van der Waals surface area contributed by atoms with Crippen molar-refractivity contribution in [1.82, 2.24) is 0 Å². The fourth-order valence-electron chi connectivity index (χ4n) is 2.62. The summed E-state index contributed by atoms with van der Waals surface area (Å²) in [5.41, 5.74) is 0.473. The van der Waals surface area contributed by atoms with E-state index in [2.05, 4.69) is 5.32 Å². The van der Waals surface area contributed by atoms with E-state index in [0.29, 0.717) is 28.1 Å². The van der Waals surface area contributed by atoms with Crippen molar-refractivity contribution in [3.63, 3.8) is 0 Å². The summed E-state index contributed by atoms with van der Waals surface area (Å²) in [6, 6.07) is 4.74. The molecule has 120 valence electrons. The van der Waals surface area contributed by atoms with Gasteiger partial charge in [-0.3, -0.25) is 9.59 Å². The number of hydrogen-bond donors (Lipinski definition) is 1. The second-order valence-electron chi connectivity index (χ2n) is 5.63. The summed E-state index contributed by atoms with van der Waals surface area (Å²) in [4.78, 5) is 23.9. The zero-order valence-corrected chi connectivity index (χ0v) is 13.9. The molecule has 4 nitrogen and oxygen atoms in total. The molecule has 0 bridgehead atoms. The van der Waals surface area contributed by atoms with Gasteiger partial charge in [-0.25, -0.2) is 0 Å². The molecular weight excluding hydrogens is 325 g/mol. The van der Waals surface area contributed by atoms with E-state index in [1.165, 1.54) is 12.8 Å². The van der Waals surface area contributed by atoms with Crippen LogP contribution in [0.1, 0.15) is 39.0 Å². The van der Waals surface area contributed by atoms with Crippen LogP contribution in [0.5, 0.6) is 0 Å². The highest BCUT2D eigenvalue weighted by atomic mass is 35.5. The molecule has 1 aliphatic carbocycles. The Bertz CT molecular complexity index is 536. The van der Waals surface area contributed by atoms with Gasteiger partial charge in [-0.1, -0.05) is 36.0 Å². The molecule has 0 aromatic heterocycles. The third-order valence-electron chi connectivity index (χ3n) is 3.74. The van der Waals surface area contributed by atoms with Crippen LogP contribution in [0.3, 0.4) is 0 Å². The number of anilines is 1. The lowest BCUT2D eigenvalue weighted by Gasteiger charge is -2.15. The van der Waals surface area contributed by atoms with Crippen molar-refractivity contribution >= 4 is 40.8 Å². The Morgan fingerprint density at radius 2 is 1.82 bits per heavy atom. The van der Waals surface area contributed by atoms with Gasteiger partial charge in [0.05, 0.1) is 0 Å². The number of rotatable bonds is 5. The third kappa shape index (κ3) is 5.18. The van der Waals surface area contributed by atoms with Gasteiger partial charge in [0.25, 0.3) is 5.91 Å². The third-order valence-corrected chi connectivity index (χ3v) is 4.17. The smallest absolute Gasteiger partial charge is 0.306 e. The molecule has 0 heterocycles. The Balaban J connectivity index is 1.84.